The van der Waals surface area contributed by atoms with Crippen LogP contribution in [0.3, 0.4) is 0 Å². The van der Waals surface area contributed by atoms with Crippen molar-refractivity contribution in [3.8, 4) is 5.75 Å². The first kappa shape index (κ1) is 22.3. The summed E-state index contributed by atoms with van der Waals surface area (Å²) in [5.74, 6) is 1.02. The minimum Gasteiger partial charge on any atom is -0.481 e. The third kappa shape index (κ3) is 6.31. The van der Waals surface area contributed by atoms with Crippen molar-refractivity contribution in [3.05, 3.63) is 64.7 Å². The van der Waals surface area contributed by atoms with Crippen molar-refractivity contribution in [1.29, 1.82) is 0 Å². The number of benzene rings is 2. The molecular weight excluding hydrogens is 376 g/mol. The summed E-state index contributed by atoms with van der Waals surface area (Å²) >= 11 is 0. The number of hydrogen-bond acceptors (Lipinski definition) is 4. The molecule has 1 N–H and O–H groups in total. The average Bonchev–Trinajstić information content (AvgIpc) is 2.73. The van der Waals surface area contributed by atoms with E-state index in [4.69, 9.17) is 9.47 Å². The van der Waals surface area contributed by atoms with Gasteiger partial charge in [0, 0.05) is 26.2 Å². The van der Waals surface area contributed by atoms with Gasteiger partial charge in [-0.15, -0.1) is 0 Å². The second kappa shape index (κ2) is 10.6. The molecule has 162 valence electrons. The lowest BCUT2D eigenvalue weighted by molar-refractivity contribution is -0.127. The van der Waals surface area contributed by atoms with Crippen molar-refractivity contribution in [2.75, 3.05) is 26.3 Å². The van der Waals surface area contributed by atoms with Crippen molar-refractivity contribution < 1.29 is 14.3 Å². The number of carbonyl (C=O) groups excluding carboxylic acids is 1. The van der Waals surface area contributed by atoms with Gasteiger partial charge in [0.25, 0.3) is 5.91 Å². The Hall–Kier alpha value is -2.37. The van der Waals surface area contributed by atoms with E-state index in [0.717, 1.165) is 55.3 Å². The molecule has 0 aromatic heterocycles. The lowest BCUT2D eigenvalue weighted by Crippen LogP contribution is -2.36. The van der Waals surface area contributed by atoms with Crippen LogP contribution in [0.5, 0.6) is 5.75 Å². The van der Waals surface area contributed by atoms with Crippen LogP contribution in [0.1, 0.15) is 48.9 Å². The summed E-state index contributed by atoms with van der Waals surface area (Å²) in [6.07, 6.45) is -0.551. The number of nitrogens with one attached hydrogen (secondary N) is 1. The highest BCUT2D eigenvalue weighted by molar-refractivity contribution is 5.80. The summed E-state index contributed by atoms with van der Waals surface area (Å²) in [6.45, 7) is 13.1. The maximum absolute atomic E-state index is 12.6. The zero-order chi connectivity index (χ0) is 21.5. The maximum atomic E-state index is 12.6. The molecule has 5 nitrogen and oxygen atoms in total. The molecule has 2 aromatic carbocycles. The van der Waals surface area contributed by atoms with Gasteiger partial charge < -0.3 is 14.8 Å². The molecule has 3 rings (SSSR count). The Morgan fingerprint density at radius 2 is 1.73 bits per heavy atom. The van der Waals surface area contributed by atoms with Gasteiger partial charge in [-0.3, -0.25) is 9.69 Å². The average molecular weight is 411 g/mol. The summed E-state index contributed by atoms with van der Waals surface area (Å²) in [5.41, 5.74) is 4.61. The molecule has 2 aromatic rings. The molecule has 0 radical (unpaired) electrons. The molecule has 0 aliphatic carbocycles. The first-order valence-corrected chi connectivity index (χ1v) is 10.8. The second-order valence-electron chi connectivity index (χ2n) is 8.38. The number of morpholine rings is 1. The first-order chi connectivity index (χ1) is 14.4. The summed E-state index contributed by atoms with van der Waals surface area (Å²) in [6, 6.07) is 14.6. The molecule has 1 aliphatic heterocycles. The molecule has 5 heteroatoms. The van der Waals surface area contributed by atoms with E-state index in [1.807, 2.05) is 13.0 Å². The van der Waals surface area contributed by atoms with E-state index in [9.17, 15) is 4.79 Å². The molecule has 1 saturated heterocycles. The van der Waals surface area contributed by atoms with Crippen LogP contribution in [0.25, 0.3) is 0 Å². The first-order valence-electron chi connectivity index (χ1n) is 10.8. The monoisotopic (exact) mass is 410 g/mol. The highest BCUT2D eigenvalue weighted by Crippen LogP contribution is 2.28. The molecule has 0 saturated carbocycles. The smallest absolute Gasteiger partial charge is 0.261 e. The van der Waals surface area contributed by atoms with Crippen molar-refractivity contribution in [2.45, 2.75) is 52.8 Å². The summed E-state index contributed by atoms with van der Waals surface area (Å²) in [4.78, 5) is 15.0. The van der Waals surface area contributed by atoms with Gasteiger partial charge >= 0.3 is 0 Å². The van der Waals surface area contributed by atoms with Gasteiger partial charge in [0.2, 0.25) is 0 Å². The highest BCUT2D eigenvalue weighted by atomic mass is 16.5. The van der Waals surface area contributed by atoms with Gasteiger partial charge in [-0.25, -0.2) is 0 Å². The van der Waals surface area contributed by atoms with E-state index >= 15 is 0 Å². The third-order valence-corrected chi connectivity index (χ3v) is 5.46. The van der Waals surface area contributed by atoms with Crippen LogP contribution in [0.4, 0.5) is 0 Å². The largest absolute Gasteiger partial charge is 0.481 e. The lowest BCUT2D eigenvalue weighted by atomic mass is 10.0. The van der Waals surface area contributed by atoms with Crippen LogP contribution in [0.2, 0.25) is 0 Å². The van der Waals surface area contributed by atoms with Crippen molar-refractivity contribution in [1.82, 2.24) is 10.2 Å². The van der Waals surface area contributed by atoms with Gasteiger partial charge in [-0.2, -0.15) is 0 Å². The van der Waals surface area contributed by atoms with Gasteiger partial charge in [0.1, 0.15) is 5.75 Å². The Morgan fingerprint density at radius 3 is 2.40 bits per heavy atom. The predicted octanol–water partition coefficient (Wildman–Crippen LogP) is 4.03. The van der Waals surface area contributed by atoms with Crippen LogP contribution >= 0.6 is 0 Å². The van der Waals surface area contributed by atoms with E-state index in [2.05, 4.69) is 60.5 Å². The molecule has 1 heterocycles. The minimum atomic E-state index is -0.551. The van der Waals surface area contributed by atoms with Crippen molar-refractivity contribution in [3.63, 3.8) is 0 Å². The molecule has 1 fully saturated rings. The van der Waals surface area contributed by atoms with Crippen LogP contribution in [-0.4, -0.2) is 43.2 Å². The van der Waals surface area contributed by atoms with Gasteiger partial charge in [0.05, 0.1) is 13.2 Å². The standard InChI is InChI=1S/C25H34N2O3/c1-18(2)23-10-5-19(3)15-24(23)30-20(4)25(28)26-16-21-6-8-22(9-7-21)17-27-11-13-29-14-12-27/h5-10,15,18,20H,11-14,16-17H2,1-4H3,(H,26,28). The van der Waals surface area contributed by atoms with E-state index in [0.29, 0.717) is 12.5 Å². The Labute approximate surface area is 180 Å². The fourth-order valence-corrected chi connectivity index (χ4v) is 3.58. The van der Waals surface area contributed by atoms with Crippen molar-refractivity contribution >= 4 is 5.91 Å². The summed E-state index contributed by atoms with van der Waals surface area (Å²) in [5, 5.41) is 2.99. The second-order valence-corrected chi connectivity index (χ2v) is 8.38. The van der Waals surface area contributed by atoms with Crippen LogP contribution in [0, 0.1) is 6.92 Å². The Bertz CT molecular complexity index is 827. The molecule has 0 spiro atoms. The number of ether oxygens (including phenoxy) is 2. The third-order valence-electron chi connectivity index (χ3n) is 5.46. The molecule has 0 bridgehead atoms. The zero-order valence-corrected chi connectivity index (χ0v) is 18.6. The van der Waals surface area contributed by atoms with Crippen molar-refractivity contribution in [2.24, 2.45) is 0 Å². The van der Waals surface area contributed by atoms with E-state index < -0.39 is 6.10 Å². The van der Waals surface area contributed by atoms with Gasteiger partial charge in [0.15, 0.2) is 6.10 Å². The number of amides is 1. The van der Waals surface area contributed by atoms with E-state index in [1.165, 1.54) is 5.56 Å². The minimum absolute atomic E-state index is 0.108. The SMILES string of the molecule is Cc1ccc(C(C)C)c(OC(C)C(=O)NCc2ccc(CN3CCOCC3)cc2)c1. The molecule has 1 amide bonds. The molecular formula is C25H34N2O3. The highest BCUT2D eigenvalue weighted by Gasteiger charge is 2.17. The molecule has 1 atom stereocenters. The Morgan fingerprint density at radius 1 is 1.07 bits per heavy atom. The van der Waals surface area contributed by atoms with Crippen LogP contribution < -0.4 is 10.1 Å². The quantitative estimate of drug-likeness (QED) is 0.714. The van der Waals surface area contributed by atoms with Gasteiger partial charge in [-0.05, 0) is 48.1 Å². The Balaban J connectivity index is 1.50. The summed E-state index contributed by atoms with van der Waals surface area (Å²) < 4.78 is 11.4. The lowest BCUT2D eigenvalue weighted by Gasteiger charge is -2.26. The number of nitrogens with zero attached hydrogens (tertiary/aromatic N) is 1. The normalized spacial score (nSPS) is 15.8. The predicted molar refractivity (Wildman–Crippen MR) is 120 cm³/mol. The van der Waals surface area contributed by atoms with Crippen LogP contribution in [0.15, 0.2) is 42.5 Å². The fraction of sp³-hybridized carbons (Fsp3) is 0.480. The number of rotatable bonds is 8. The number of carbonyl (C=O) groups is 1. The van der Waals surface area contributed by atoms with Crippen LogP contribution in [-0.2, 0) is 22.6 Å². The maximum Gasteiger partial charge on any atom is 0.261 e. The Kier molecular flexibility index (Phi) is 7.88. The van der Waals surface area contributed by atoms with E-state index in [1.54, 1.807) is 6.92 Å². The fourth-order valence-electron chi connectivity index (χ4n) is 3.58. The van der Waals surface area contributed by atoms with E-state index in [-0.39, 0.29) is 5.91 Å². The molecule has 1 unspecified atom stereocenters. The number of hydrogen-bond donors (Lipinski definition) is 1. The topological polar surface area (TPSA) is 50.8 Å². The number of aryl methyl sites for hydroxylation is 1. The van der Waals surface area contributed by atoms with Gasteiger partial charge in [-0.1, -0.05) is 50.2 Å². The molecule has 1 aliphatic rings. The zero-order valence-electron chi connectivity index (χ0n) is 18.6. The molecule has 30 heavy (non-hydrogen) atoms. The summed E-state index contributed by atoms with van der Waals surface area (Å²) in [7, 11) is 0.